The third-order valence-electron chi connectivity index (χ3n) is 3.68. The fourth-order valence-electron chi connectivity index (χ4n) is 2.75. The molecule has 0 unspecified atom stereocenters. The van der Waals surface area contributed by atoms with Crippen LogP contribution < -0.4 is 4.74 Å². The molecule has 1 saturated carbocycles. The van der Waals surface area contributed by atoms with Crippen molar-refractivity contribution in [2.45, 2.75) is 31.1 Å². The molecule has 0 aromatic heterocycles. The zero-order valence-corrected chi connectivity index (χ0v) is 10.3. The Kier molecular flexibility index (Phi) is 3.43. The lowest BCUT2D eigenvalue weighted by atomic mass is 9.78. The normalized spacial score (nSPS) is 17.5. The van der Waals surface area contributed by atoms with Crippen molar-refractivity contribution in [1.82, 2.24) is 0 Å². The van der Waals surface area contributed by atoms with Gasteiger partial charge in [-0.3, -0.25) is 4.79 Å². The highest BCUT2D eigenvalue weighted by Crippen LogP contribution is 2.47. The van der Waals surface area contributed by atoms with Crippen LogP contribution in [0, 0.1) is 17.5 Å². The van der Waals surface area contributed by atoms with Gasteiger partial charge in [-0.05, 0) is 12.8 Å². The highest BCUT2D eigenvalue weighted by molar-refractivity contribution is 5.83. The predicted octanol–water partition coefficient (Wildman–Crippen LogP) is 3.01. The van der Waals surface area contributed by atoms with Gasteiger partial charge in [0, 0.05) is 6.07 Å². The van der Waals surface area contributed by atoms with Crippen molar-refractivity contribution in [1.29, 1.82) is 0 Å². The Morgan fingerprint density at radius 2 is 1.84 bits per heavy atom. The van der Waals surface area contributed by atoms with Crippen LogP contribution in [-0.4, -0.2) is 18.2 Å². The van der Waals surface area contributed by atoms with Crippen molar-refractivity contribution in [2.24, 2.45) is 0 Å². The van der Waals surface area contributed by atoms with E-state index >= 15 is 0 Å². The van der Waals surface area contributed by atoms with Crippen molar-refractivity contribution in [3.05, 3.63) is 29.1 Å². The van der Waals surface area contributed by atoms with E-state index in [2.05, 4.69) is 0 Å². The van der Waals surface area contributed by atoms with Gasteiger partial charge in [-0.15, -0.1) is 0 Å². The first-order chi connectivity index (χ1) is 8.94. The summed E-state index contributed by atoms with van der Waals surface area (Å²) in [6, 6.07) is 0.363. The first kappa shape index (κ1) is 13.7. The maximum Gasteiger partial charge on any atom is 0.314 e. The molecule has 1 aliphatic carbocycles. The molecule has 0 radical (unpaired) electrons. The third kappa shape index (κ3) is 1.95. The van der Waals surface area contributed by atoms with Crippen molar-refractivity contribution < 1.29 is 27.8 Å². The van der Waals surface area contributed by atoms with Crippen LogP contribution in [0.5, 0.6) is 5.75 Å². The number of carboxylic acid groups (broad SMARTS) is 1. The van der Waals surface area contributed by atoms with Gasteiger partial charge in [0.1, 0.15) is 0 Å². The molecule has 0 aliphatic heterocycles. The monoisotopic (exact) mass is 274 g/mol. The molecule has 19 heavy (non-hydrogen) atoms. The van der Waals surface area contributed by atoms with E-state index in [0.29, 0.717) is 18.9 Å². The first-order valence-electron chi connectivity index (χ1n) is 5.89. The van der Waals surface area contributed by atoms with E-state index in [1.165, 1.54) is 0 Å². The van der Waals surface area contributed by atoms with E-state index in [1.807, 2.05) is 0 Å². The molecule has 1 aliphatic rings. The molecule has 1 N–H and O–H groups in total. The Balaban J connectivity index is 2.76. The average molecular weight is 274 g/mol. The number of rotatable bonds is 3. The van der Waals surface area contributed by atoms with Gasteiger partial charge in [0.25, 0.3) is 0 Å². The highest BCUT2D eigenvalue weighted by atomic mass is 19.2. The van der Waals surface area contributed by atoms with Crippen LogP contribution >= 0.6 is 0 Å². The molecule has 3 nitrogen and oxygen atoms in total. The first-order valence-corrected chi connectivity index (χ1v) is 5.89. The minimum absolute atomic E-state index is 0.137. The summed E-state index contributed by atoms with van der Waals surface area (Å²) >= 11 is 0. The number of hydrogen-bond acceptors (Lipinski definition) is 2. The Labute approximate surface area is 108 Å². The number of carbonyl (C=O) groups is 1. The van der Waals surface area contributed by atoms with E-state index in [-0.39, 0.29) is 12.8 Å². The predicted molar refractivity (Wildman–Crippen MR) is 60.6 cm³/mol. The molecule has 0 saturated heterocycles. The van der Waals surface area contributed by atoms with Gasteiger partial charge in [0.05, 0.1) is 18.1 Å². The van der Waals surface area contributed by atoms with Crippen molar-refractivity contribution in [3.63, 3.8) is 0 Å². The topological polar surface area (TPSA) is 46.5 Å². The van der Waals surface area contributed by atoms with Crippen LogP contribution in [0.3, 0.4) is 0 Å². The molecule has 0 bridgehead atoms. The van der Waals surface area contributed by atoms with Crippen molar-refractivity contribution >= 4 is 5.97 Å². The average Bonchev–Trinajstić information content (AvgIpc) is 2.83. The second-order valence-electron chi connectivity index (χ2n) is 4.66. The lowest BCUT2D eigenvalue weighted by Gasteiger charge is -2.27. The number of aliphatic carboxylic acids is 1. The van der Waals surface area contributed by atoms with Crippen LogP contribution in [0.4, 0.5) is 13.2 Å². The lowest BCUT2D eigenvalue weighted by Crippen LogP contribution is -2.34. The molecule has 0 atom stereocenters. The summed E-state index contributed by atoms with van der Waals surface area (Å²) in [6.45, 7) is 0. The number of carboxylic acids is 1. The maximum absolute atomic E-state index is 14.0. The molecule has 1 fully saturated rings. The number of halogens is 3. The van der Waals surface area contributed by atoms with Crippen LogP contribution in [0.25, 0.3) is 0 Å². The largest absolute Gasteiger partial charge is 0.493 e. The van der Waals surface area contributed by atoms with Crippen LogP contribution in [0.15, 0.2) is 6.07 Å². The minimum atomic E-state index is -1.61. The summed E-state index contributed by atoms with van der Waals surface area (Å²) in [7, 11) is 1.10. The van der Waals surface area contributed by atoms with Gasteiger partial charge >= 0.3 is 5.97 Å². The molecule has 1 aromatic carbocycles. The van der Waals surface area contributed by atoms with E-state index in [0.717, 1.165) is 7.11 Å². The summed E-state index contributed by atoms with van der Waals surface area (Å²) in [4.78, 5) is 11.5. The van der Waals surface area contributed by atoms with E-state index < -0.39 is 40.1 Å². The fourth-order valence-corrected chi connectivity index (χ4v) is 2.75. The molecule has 2 rings (SSSR count). The lowest BCUT2D eigenvalue weighted by molar-refractivity contribution is -0.143. The van der Waals surface area contributed by atoms with Crippen molar-refractivity contribution in [2.75, 3.05) is 7.11 Å². The highest BCUT2D eigenvalue weighted by Gasteiger charge is 2.48. The molecule has 0 spiro atoms. The van der Waals surface area contributed by atoms with Crippen LogP contribution in [0.2, 0.25) is 0 Å². The Morgan fingerprint density at radius 3 is 2.32 bits per heavy atom. The molecular weight excluding hydrogens is 261 g/mol. The third-order valence-corrected chi connectivity index (χ3v) is 3.68. The zero-order chi connectivity index (χ0) is 14.2. The van der Waals surface area contributed by atoms with Gasteiger partial charge in [-0.1, -0.05) is 12.8 Å². The summed E-state index contributed by atoms with van der Waals surface area (Å²) in [5.74, 6) is -5.65. The Hall–Kier alpha value is -1.72. The zero-order valence-electron chi connectivity index (χ0n) is 10.3. The minimum Gasteiger partial charge on any atom is -0.493 e. The number of methoxy groups -OCH3 is 1. The molecule has 104 valence electrons. The smallest absolute Gasteiger partial charge is 0.314 e. The van der Waals surface area contributed by atoms with E-state index in [1.54, 1.807) is 0 Å². The molecule has 6 heteroatoms. The van der Waals surface area contributed by atoms with Crippen LogP contribution in [-0.2, 0) is 10.2 Å². The molecule has 0 heterocycles. The summed E-state index contributed by atoms with van der Waals surface area (Å²) < 4.78 is 45.8. The van der Waals surface area contributed by atoms with Gasteiger partial charge in [0.15, 0.2) is 23.2 Å². The summed E-state index contributed by atoms with van der Waals surface area (Å²) in [6.07, 6.45) is 1.40. The van der Waals surface area contributed by atoms with Gasteiger partial charge < -0.3 is 9.84 Å². The quantitative estimate of drug-likeness (QED) is 0.862. The number of hydrogen-bond donors (Lipinski definition) is 1. The van der Waals surface area contributed by atoms with Gasteiger partial charge in [-0.2, -0.15) is 0 Å². The fraction of sp³-hybridized carbons (Fsp3) is 0.462. The van der Waals surface area contributed by atoms with Crippen LogP contribution in [0.1, 0.15) is 31.2 Å². The molecule has 1 aromatic rings. The van der Waals surface area contributed by atoms with E-state index in [4.69, 9.17) is 4.74 Å². The second-order valence-corrected chi connectivity index (χ2v) is 4.66. The second kappa shape index (κ2) is 4.75. The molecule has 0 amide bonds. The van der Waals surface area contributed by atoms with E-state index in [9.17, 15) is 23.1 Å². The summed E-state index contributed by atoms with van der Waals surface area (Å²) in [5.41, 5.74) is -2.13. The van der Waals surface area contributed by atoms with Crippen molar-refractivity contribution in [3.8, 4) is 5.75 Å². The summed E-state index contributed by atoms with van der Waals surface area (Å²) in [5, 5.41) is 9.38. The Morgan fingerprint density at radius 1 is 1.26 bits per heavy atom. The number of ether oxygens (including phenoxy) is 1. The standard InChI is InChI=1S/C13H13F3O3/c1-19-11-8(15)6-7(14)10(16)9(11)13(12(17)18)4-2-3-5-13/h6H,2-5H2,1H3,(H,17,18). The maximum atomic E-state index is 14.0. The number of benzene rings is 1. The SMILES string of the molecule is COc1c(F)cc(F)c(F)c1C1(C(=O)O)CCCC1. The Bertz CT molecular complexity index is 522. The van der Waals surface area contributed by atoms with Gasteiger partial charge in [-0.25, -0.2) is 13.2 Å². The molecular formula is C13H13F3O3. The van der Waals surface area contributed by atoms with Gasteiger partial charge in [0.2, 0.25) is 0 Å².